The molecule has 2 N–H and O–H groups in total. The molecule has 7 heteroatoms. The summed E-state index contributed by atoms with van der Waals surface area (Å²) < 4.78 is 14.8. The molecule has 0 aliphatic rings. The van der Waals surface area contributed by atoms with E-state index in [1.807, 2.05) is 27.7 Å². The number of amides is 1. The Balaban J connectivity index is 2.04. The Bertz CT molecular complexity index is 941. The van der Waals surface area contributed by atoms with E-state index in [1.165, 1.54) is 24.3 Å². The molecular formula is C19H22FN5O. The first-order valence-corrected chi connectivity index (χ1v) is 8.48. The van der Waals surface area contributed by atoms with E-state index in [9.17, 15) is 9.18 Å². The number of hydrogen-bond acceptors (Lipinski definition) is 4. The van der Waals surface area contributed by atoms with E-state index in [2.05, 4.69) is 20.7 Å². The van der Waals surface area contributed by atoms with Crippen LogP contribution in [0, 0.1) is 5.82 Å². The topological polar surface area (TPSA) is 71.8 Å². The van der Waals surface area contributed by atoms with Gasteiger partial charge in [-0.25, -0.2) is 14.1 Å². The molecule has 0 fully saturated rings. The number of halogens is 1. The van der Waals surface area contributed by atoms with E-state index in [4.69, 9.17) is 0 Å². The fourth-order valence-corrected chi connectivity index (χ4v) is 2.67. The number of benzene rings is 1. The van der Waals surface area contributed by atoms with Crippen molar-refractivity contribution >= 4 is 28.3 Å². The van der Waals surface area contributed by atoms with Gasteiger partial charge in [0.15, 0.2) is 5.65 Å². The average Bonchev–Trinajstić information content (AvgIpc) is 2.99. The SMILES string of the molecule is CCn1ncc2c(NC(C)(C)C)c(C(=O)Nc3ccc(F)cc3)cnc21. The van der Waals surface area contributed by atoms with Gasteiger partial charge >= 0.3 is 0 Å². The van der Waals surface area contributed by atoms with Gasteiger partial charge in [-0.2, -0.15) is 5.10 Å². The van der Waals surface area contributed by atoms with E-state index in [0.717, 1.165) is 11.0 Å². The van der Waals surface area contributed by atoms with Gasteiger partial charge < -0.3 is 10.6 Å². The van der Waals surface area contributed by atoms with Crippen molar-refractivity contribution in [2.24, 2.45) is 0 Å². The zero-order chi connectivity index (χ0) is 18.9. The van der Waals surface area contributed by atoms with Crippen LogP contribution in [0.5, 0.6) is 0 Å². The predicted octanol–water partition coefficient (Wildman–Crippen LogP) is 4.05. The second kappa shape index (κ2) is 6.74. The Labute approximate surface area is 151 Å². The van der Waals surface area contributed by atoms with E-state index in [1.54, 1.807) is 17.1 Å². The maximum absolute atomic E-state index is 13.1. The van der Waals surface area contributed by atoms with Crippen molar-refractivity contribution in [2.75, 3.05) is 10.6 Å². The highest BCUT2D eigenvalue weighted by Gasteiger charge is 2.21. The molecule has 0 saturated carbocycles. The Morgan fingerprint density at radius 1 is 1.19 bits per heavy atom. The van der Waals surface area contributed by atoms with Crippen molar-refractivity contribution < 1.29 is 9.18 Å². The molecule has 2 heterocycles. The van der Waals surface area contributed by atoms with Crippen LogP contribution in [0.2, 0.25) is 0 Å². The standard InChI is InChI=1S/C19H22FN5O/c1-5-25-17-14(11-22-25)16(24-19(2,3)4)15(10-21-17)18(26)23-13-8-6-12(20)7-9-13/h6-11H,5H2,1-4H3,(H,21,24)(H,23,26). The van der Waals surface area contributed by atoms with Crippen LogP contribution in [0.25, 0.3) is 11.0 Å². The van der Waals surface area contributed by atoms with Gasteiger partial charge in [0.25, 0.3) is 5.91 Å². The molecule has 1 amide bonds. The quantitative estimate of drug-likeness (QED) is 0.740. The number of pyridine rings is 1. The fraction of sp³-hybridized carbons (Fsp3) is 0.316. The maximum Gasteiger partial charge on any atom is 0.259 e. The molecule has 26 heavy (non-hydrogen) atoms. The van der Waals surface area contributed by atoms with Crippen LogP contribution >= 0.6 is 0 Å². The van der Waals surface area contributed by atoms with Crippen LogP contribution in [-0.2, 0) is 6.54 Å². The van der Waals surface area contributed by atoms with Crippen molar-refractivity contribution in [1.82, 2.24) is 14.8 Å². The number of fused-ring (bicyclic) bond motifs is 1. The van der Waals surface area contributed by atoms with Crippen molar-refractivity contribution in [2.45, 2.75) is 39.8 Å². The molecule has 0 spiro atoms. The monoisotopic (exact) mass is 355 g/mol. The Kier molecular flexibility index (Phi) is 4.63. The van der Waals surface area contributed by atoms with Crippen LogP contribution < -0.4 is 10.6 Å². The number of rotatable bonds is 4. The summed E-state index contributed by atoms with van der Waals surface area (Å²) in [6, 6.07) is 5.64. The number of aromatic nitrogens is 3. The minimum atomic E-state index is -0.354. The molecule has 0 bridgehead atoms. The molecule has 0 aliphatic carbocycles. The Morgan fingerprint density at radius 2 is 1.88 bits per heavy atom. The third kappa shape index (κ3) is 3.66. The number of aryl methyl sites for hydroxylation is 1. The number of nitrogens with zero attached hydrogens (tertiary/aromatic N) is 3. The molecule has 0 saturated heterocycles. The molecule has 1 aromatic carbocycles. The van der Waals surface area contributed by atoms with Crippen LogP contribution in [-0.4, -0.2) is 26.2 Å². The summed E-state index contributed by atoms with van der Waals surface area (Å²) in [6.07, 6.45) is 3.26. The first kappa shape index (κ1) is 17.8. The number of nitrogens with one attached hydrogen (secondary N) is 2. The maximum atomic E-state index is 13.1. The van der Waals surface area contributed by atoms with Crippen LogP contribution in [0.3, 0.4) is 0 Å². The summed E-state index contributed by atoms with van der Waals surface area (Å²) in [7, 11) is 0. The molecular weight excluding hydrogens is 333 g/mol. The lowest BCUT2D eigenvalue weighted by Crippen LogP contribution is -2.28. The molecule has 136 valence electrons. The number of anilines is 2. The lowest BCUT2D eigenvalue weighted by atomic mass is 10.1. The number of carbonyl (C=O) groups excluding carboxylic acids is 1. The first-order chi connectivity index (χ1) is 12.3. The first-order valence-electron chi connectivity index (χ1n) is 8.48. The van der Waals surface area contributed by atoms with Gasteiger partial charge in [-0.3, -0.25) is 4.79 Å². The summed E-state index contributed by atoms with van der Waals surface area (Å²) in [5.74, 6) is -0.671. The van der Waals surface area contributed by atoms with Crippen molar-refractivity contribution in [1.29, 1.82) is 0 Å². The van der Waals surface area contributed by atoms with Crippen LogP contribution in [0.15, 0.2) is 36.7 Å². The third-order valence-electron chi connectivity index (χ3n) is 3.81. The molecule has 6 nitrogen and oxygen atoms in total. The van der Waals surface area contributed by atoms with Crippen molar-refractivity contribution in [3.8, 4) is 0 Å². The predicted molar refractivity (Wildman–Crippen MR) is 101 cm³/mol. The normalized spacial score (nSPS) is 11.6. The molecule has 2 aromatic heterocycles. The molecule has 0 radical (unpaired) electrons. The highest BCUT2D eigenvalue weighted by atomic mass is 19.1. The largest absolute Gasteiger partial charge is 0.379 e. The van der Waals surface area contributed by atoms with Gasteiger partial charge in [0.2, 0.25) is 0 Å². The van der Waals surface area contributed by atoms with Gasteiger partial charge in [-0.05, 0) is 52.0 Å². The molecule has 0 unspecified atom stereocenters. The summed E-state index contributed by atoms with van der Waals surface area (Å²) in [5, 5.41) is 11.3. The van der Waals surface area contributed by atoms with Gasteiger partial charge in [-0.1, -0.05) is 0 Å². The van der Waals surface area contributed by atoms with Crippen molar-refractivity contribution in [3.05, 3.63) is 48.0 Å². The van der Waals surface area contributed by atoms with Gasteiger partial charge in [0.1, 0.15) is 5.82 Å². The third-order valence-corrected chi connectivity index (χ3v) is 3.81. The summed E-state index contributed by atoms with van der Waals surface area (Å²) in [6.45, 7) is 8.73. The number of hydrogen-bond donors (Lipinski definition) is 2. The van der Waals surface area contributed by atoms with Crippen LogP contribution in [0.1, 0.15) is 38.1 Å². The summed E-state index contributed by atoms with van der Waals surface area (Å²) >= 11 is 0. The molecule has 0 atom stereocenters. The fourth-order valence-electron chi connectivity index (χ4n) is 2.67. The van der Waals surface area contributed by atoms with E-state index in [0.29, 0.717) is 23.5 Å². The highest BCUT2D eigenvalue weighted by Crippen LogP contribution is 2.29. The molecule has 3 rings (SSSR count). The summed E-state index contributed by atoms with van der Waals surface area (Å²) in [5.41, 5.74) is 2.07. The van der Waals surface area contributed by atoms with E-state index >= 15 is 0 Å². The van der Waals surface area contributed by atoms with Crippen molar-refractivity contribution in [3.63, 3.8) is 0 Å². The zero-order valence-electron chi connectivity index (χ0n) is 15.3. The van der Waals surface area contributed by atoms with Gasteiger partial charge in [-0.15, -0.1) is 0 Å². The minimum Gasteiger partial charge on any atom is -0.379 e. The lowest BCUT2D eigenvalue weighted by molar-refractivity contribution is 0.102. The Hall–Kier alpha value is -2.96. The van der Waals surface area contributed by atoms with E-state index < -0.39 is 0 Å². The second-order valence-corrected chi connectivity index (χ2v) is 7.08. The van der Waals surface area contributed by atoms with Crippen LogP contribution in [0.4, 0.5) is 15.8 Å². The van der Waals surface area contributed by atoms with Gasteiger partial charge in [0, 0.05) is 24.0 Å². The van der Waals surface area contributed by atoms with E-state index in [-0.39, 0.29) is 17.3 Å². The Morgan fingerprint density at radius 3 is 2.50 bits per heavy atom. The highest BCUT2D eigenvalue weighted by molar-refractivity contribution is 6.12. The average molecular weight is 355 g/mol. The van der Waals surface area contributed by atoms with Gasteiger partial charge in [0.05, 0.1) is 22.8 Å². The minimum absolute atomic E-state index is 0.256. The summed E-state index contributed by atoms with van der Waals surface area (Å²) in [4.78, 5) is 17.2. The number of carbonyl (C=O) groups is 1. The lowest BCUT2D eigenvalue weighted by Gasteiger charge is -2.24. The smallest absolute Gasteiger partial charge is 0.259 e. The zero-order valence-corrected chi connectivity index (χ0v) is 15.3. The molecule has 3 aromatic rings. The molecule has 0 aliphatic heterocycles. The second-order valence-electron chi connectivity index (χ2n) is 7.08.